The molecule has 2 N–H and O–H groups in total. The maximum atomic E-state index is 14.5. The van der Waals surface area contributed by atoms with Gasteiger partial charge in [-0.2, -0.15) is 0 Å². The number of methoxy groups -OCH3 is 1. The molecule has 2 amide bonds. The number of rotatable bonds is 5. The molecular formula is C23H16ClFN4O3. The molecule has 0 bridgehead atoms. The molecule has 4 rings (SSSR count). The van der Waals surface area contributed by atoms with Gasteiger partial charge in [-0.25, -0.2) is 19.2 Å². The largest absolute Gasteiger partial charge is 0.480 e. The summed E-state index contributed by atoms with van der Waals surface area (Å²) in [5.41, 5.74) is 1.76. The van der Waals surface area contributed by atoms with Crippen LogP contribution in [0.2, 0.25) is 5.02 Å². The van der Waals surface area contributed by atoms with Gasteiger partial charge in [0.05, 0.1) is 29.9 Å². The van der Waals surface area contributed by atoms with Crippen molar-refractivity contribution in [3.05, 3.63) is 88.8 Å². The predicted molar refractivity (Wildman–Crippen MR) is 120 cm³/mol. The summed E-state index contributed by atoms with van der Waals surface area (Å²) < 4.78 is 19.5. The van der Waals surface area contributed by atoms with Gasteiger partial charge in [0.2, 0.25) is 5.88 Å². The summed E-state index contributed by atoms with van der Waals surface area (Å²) in [7, 11) is 1.46. The topological polar surface area (TPSA) is 93.2 Å². The second-order valence-electron chi connectivity index (χ2n) is 6.73. The van der Waals surface area contributed by atoms with E-state index in [1.54, 1.807) is 30.3 Å². The number of halogens is 2. The van der Waals surface area contributed by atoms with Gasteiger partial charge in [0, 0.05) is 22.0 Å². The van der Waals surface area contributed by atoms with E-state index in [-0.39, 0.29) is 16.8 Å². The molecule has 7 nitrogen and oxygen atoms in total. The third-order valence-corrected chi connectivity index (χ3v) is 4.78. The summed E-state index contributed by atoms with van der Waals surface area (Å²) in [6.07, 6.45) is 1.47. The fourth-order valence-electron chi connectivity index (χ4n) is 3.03. The molecule has 0 aliphatic rings. The quantitative estimate of drug-likeness (QED) is 0.402. The third-order valence-electron chi connectivity index (χ3n) is 4.54. The first kappa shape index (κ1) is 21.2. The molecule has 0 spiro atoms. The molecule has 0 saturated carbocycles. The highest BCUT2D eigenvalue weighted by molar-refractivity contribution is 6.30. The molecule has 1 heterocycles. The monoisotopic (exact) mass is 450 g/mol. The van der Waals surface area contributed by atoms with Gasteiger partial charge in [-0.15, -0.1) is 0 Å². The van der Waals surface area contributed by atoms with E-state index in [0.717, 1.165) is 6.07 Å². The van der Waals surface area contributed by atoms with Crippen molar-refractivity contribution in [1.82, 2.24) is 9.97 Å². The molecule has 0 fully saturated rings. The van der Waals surface area contributed by atoms with Crippen LogP contribution in [0.1, 0.15) is 15.9 Å². The minimum absolute atomic E-state index is 0.194. The van der Waals surface area contributed by atoms with E-state index in [9.17, 15) is 14.0 Å². The SMILES string of the molecule is COc1cnc2ccc(C(=O)c3cc(NC(=O)Nc4cccc(Cl)c4)ccc3F)cc2n1. The molecule has 3 aromatic carbocycles. The van der Waals surface area contributed by atoms with Crippen LogP contribution in [0.15, 0.2) is 66.9 Å². The van der Waals surface area contributed by atoms with Gasteiger partial charge in [-0.05, 0) is 54.6 Å². The number of urea groups is 1. The molecule has 0 unspecified atom stereocenters. The first-order chi connectivity index (χ1) is 15.4. The van der Waals surface area contributed by atoms with Crippen LogP contribution < -0.4 is 15.4 Å². The summed E-state index contributed by atoms with van der Waals surface area (Å²) >= 11 is 5.91. The number of nitrogens with zero attached hydrogens (tertiary/aromatic N) is 2. The Morgan fingerprint density at radius 3 is 2.50 bits per heavy atom. The zero-order chi connectivity index (χ0) is 22.7. The van der Waals surface area contributed by atoms with E-state index in [1.807, 2.05) is 0 Å². The zero-order valence-corrected chi connectivity index (χ0v) is 17.5. The van der Waals surface area contributed by atoms with Crippen molar-refractivity contribution >= 4 is 45.8 Å². The van der Waals surface area contributed by atoms with E-state index in [2.05, 4.69) is 20.6 Å². The van der Waals surface area contributed by atoms with Gasteiger partial charge >= 0.3 is 6.03 Å². The van der Waals surface area contributed by atoms with Crippen LogP contribution in [0.4, 0.5) is 20.6 Å². The summed E-state index contributed by atoms with van der Waals surface area (Å²) in [4.78, 5) is 33.7. The van der Waals surface area contributed by atoms with Crippen LogP contribution in [-0.4, -0.2) is 28.9 Å². The van der Waals surface area contributed by atoms with Crippen molar-refractivity contribution < 1.29 is 18.7 Å². The van der Waals surface area contributed by atoms with E-state index < -0.39 is 17.6 Å². The Kier molecular flexibility index (Phi) is 5.96. The number of carbonyl (C=O) groups excluding carboxylic acids is 2. The van der Waals surface area contributed by atoms with Crippen molar-refractivity contribution in [3.8, 4) is 5.88 Å². The number of ketones is 1. The lowest BCUT2D eigenvalue weighted by molar-refractivity contribution is 0.103. The molecule has 9 heteroatoms. The number of amides is 2. The van der Waals surface area contributed by atoms with Gasteiger partial charge < -0.3 is 15.4 Å². The molecule has 0 aliphatic heterocycles. The molecule has 0 atom stereocenters. The van der Waals surface area contributed by atoms with Gasteiger partial charge in [0.25, 0.3) is 0 Å². The van der Waals surface area contributed by atoms with Gasteiger partial charge in [-0.1, -0.05) is 17.7 Å². The summed E-state index contributed by atoms with van der Waals surface area (Å²) in [6.45, 7) is 0. The number of hydrogen-bond acceptors (Lipinski definition) is 5. The van der Waals surface area contributed by atoms with Crippen LogP contribution in [-0.2, 0) is 0 Å². The molecule has 0 radical (unpaired) electrons. The Balaban J connectivity index is 1.57. The van der Waals surface area contributed by atoms with Crippen LogP contribution in [0, 0.1) is 5.82 Å². The number of aromatic nitrogens is 2. The molecule has 0 saturated heterocycles. The average molecular weight is 451 g/mol. The second-order valence-corrected chi connectivity index (χ2v) is 7.17. The molecule has 4 aromatic rings. The minimum Gasteiger partial charge on any atom is -0.480 e. The normalized spacial score (nSPS) is 10.6. The summed E-state index contributed by atoms with van der Waals surface area (Å²) in [6, 6.07) is 14.5. The lowest BCUT2D eigenvalue weighted by Crippen LogP contribution is -2.19. The highest BCUT2D eigenvalue weighted by Gasteiger charge is 2.17. The summed E-state index contributed by atoms with van der Waals surface area (Å²) in [5.74, 6) is -0.981. The lowest BCUT2D eigenvalue weighted by Gasteiger charge is -2.10. The number of benzene rings is 3. The zero-order valence-electron chi connectivity index (χ0n) is 16.7. The Labute approximate surface area is 187 Å². The minimum atomic E-state index is -0.715. The smallest absolute Gasteiger partial charge is 0.323 e. The Bertz CT molecular complexity index is 1350. The second kappa shape index (κ2) is 8.99. The van der Waals surface area contributed by atoms with E-state index >= 15 is 0 Å². The highest BCUT2D eigenvalue weighted by atomic mass is 35.5. The number of carbonyl (C=O) groups is 2. The maximum absolute atomic E-state index is 14.5. The Morgan fingerprint density at radius 1 is 0.969 bits per heavy atom. The molecule has 0 aliphatic carbocycles. The van der Waals surface area contributed by atoms with Crippen LogP contribution in [0.25, 0.3) is 11.0 Å². The maximum Gasteiger partial charge on any atom is 0.323 e. The van der Waals surface area contributed by atoms with Crippen molar-refractivity contribution in [2.75, 3.05) is 17.7 Å². The van der Waals surface area contributed by atoms with Crippen LogP contribution in [0.5, 0.6) is 5.88 Å². The lowest BCUT2D eigenvalue weighted by atomic mass is 10.0. The standard InChI is InChI=1S/C23H16ClFN4O3/c1-32-21-12-26-19-8-5-13(9-20(19)29-21)22(30)17-11-16(6-7-18(17)25)28-23(31)27-15-4-2-3-14(24)10-15/h2-12H,1H3,(H2,27,28,31). The fraction of sp³-hybridized carbons (Fsp3) is 0.0435. The van der Waals surface area contributed by atoms with Crippen molar-refractivity contribution in [1.29, 1.82) is 0 Å². The molecular weight excluding hydrogens is 435 g/mol. The van der Waals surface area contributed by atoms with E-state index in [0.29, 0.717) is 27.6 Å². The number of nitrogens with one attached hydrogen (secondary N) is 2. The number of anilines is 2. The Morgan fingerprint density at radius 2 is 1.75 bits per heavy atom. The third kappa shape index (κ3) is 4.65. The fourth-order valence-corrected chi connectivity index (χ4v) is 3.22. The molecule has 1 aromatic heterocycles. The number of fused-ring (bicyclic) bond motifs is 1. The van der Waals surface area contributed by atoms with E-state index in [4.69, 9.17) is 16.3 Å². The van der Waals surface area contributed by atoms with Gasteiger partial charge in [0.15, 0.2) is 5.78 Å². The van der Waals surface area contributed by atoms with Crippen molar-refractivity contribution in [2.24, 2.45) is 0 Å². The van der Waals surface area contributed by atoms with E-state index in [1.165, 1.54) is 37.6 Å². The first-order valence-corrected chi connectivity index (χ1v) is 9.79. The number of ether oxygens (including phenoxy) is 1. The van der Waals surface area contributed by atoms with Crippen LogP contribution in [0.3, 0.4) is 0 Å². The predicted octanol–water partition coefficient (Wildman–Crippen LogP) is 5.31. The van der Waals surface area contributed by atoms with Gasteiger partial charge in [0.1, 0.15) is 5.82 Å². The Hall–Kier alpha value is -4.04. The van der Waals surface area contributed by atoms with Crippen molar-refractivity contribution in [2.45, 2.75) is 0 Å². The average Bonchev–Trinajstić information content (AvgIpc) is 2.79. The van der Waals surface area contributed by atoms with Crippen LogP contribution >= 0.6 is 11.6 Å². The van der Waals surface area contributed by atoms with Crippen molar-refractivity contribution in [3.63, 3.8) is 0 Å². The van der Waals surface area contributed by atoms with Gasteiger partial charge in [-0.3, -0.25) is 4.79 Å². The highest BCUT2D eigenvalue weighted by Crippen LogP contribution is 2.22. The molecule has 32 heavy (non-hydrogen) atoms. The summed E-state index contributed by atoms with van der Waals surface area (Å²) in [5, 5.41) is 5.66. The molecule has 160 valence electrons. The first-order valence-electron chi connectivity index (χ1n) is 9.41. The number of hydrogen-bond donors (Lipinski definition) is 2.